The number of nitrogens with two attached hydrogens (primary N) is 1. The van der Waals surface area contributed by atoms with Crippen LogP contribution >= 0.6 is 0 Å². The highest BCUT2D eigenvalue weighted by Crippen LogP contribution is 2.19. The Bertz CT molecular complexity index is 270. The van der Waals surface area contributed by atoms with E-state index in [0.29, 0.717) is 25.6 Å². The lowest BCUT2D eigenvalue weighted by molar-refractivity contribution is -0.178. The molecular formula is C11H19F3N2O2. The summed E-state index contributed by atoms with van der Waals surface area (Å²) >= 11 is 0. The van der Waals surface area contributed by atoms with Crippen LogP contribution in [0.25, 0.3) is 0 Å². The second-order valence-corrected chi connectivity index (χ2v) is 4.53. The molecule has 0 aromatic carbocycles. The number of ether oxygens (including phenoxy) is 1. The third kappa shape index (κ3) is 5.68. The van der Waals surface area contributed by atoms with Gasteiger partial charge < -0.3 is 15.4 Å². The van der Waals surface area contributed by atoms with Crippen LogP contribution in [0.1, 0.15) is 19.3 Å². The molecule has 0 radical (unpaired) electrons. The van der Waals surface area contributed by atoms with Gasteiger partial charge in [-0.15, -0.1) is 0 Å². The van der Waals surface area contributed by atoms with Crippen LogP contribution in [0.2, 0.25) is 0 Å². The van der Waals surface area contributed by atoms with E-state index in [1.54, 1.807) is 4.90 Å². The monoisotopic (exact) mass is 268 g/mol. The molecular weight excluding hydrogens is 249 g/mol. The molecule has 1 aliphatic rings. The Labute approximate surface area is 104 Å². The minimum absolute atomic E-state index is 0.357. The van der Waals surface area contributed by atoms with Crippen LogP contribution < -0.4 is 5.73 Å². The molecule has 0 aliphatic carbocycles. The maximum Gasteiger partial charge on any atom is 0.411 e. The Balaban J connectivity index is 2.28. The molecule has 106 valence electrons. The van der Waals surface area contributed by atoms with E-state index in [1.807, 2.05) is 0 Å². The predicted molar refractivity (Wildman–Crippen MR) is 59.8 cm³/mol. The van der Waals surface area contributed by atoms with E-state index >= 15 is 0 Å². The normalized spacial score (nSPS) is 21.1. The Morgan fingerprint density at radius 3 is 2.78 bits per heavy atom. The molecule has 1 unspecified atom stereocenters. The summed E-state index contributed by atoms with van der Waals surface area (Å²) in [7, 11) is 0. The first kappa shape index (κ1) is 15.2. The molecule has 1 rings (SSSR count). The Kier molecular flexibility index (Phi) is 5.87. The fourth-order valence-corrected chi connectivity index (χ4v) is 2.11. The molecule has 18 heavy (non-hydrogen) atoms. The number of amides is 1. The van der Waals surface area contributed by atoms with Gasteiger partial charge in [-0.3, -0.25) is 4.79 Å². The van der Waals surface area contributed by atoms with Crippen molar-refractivity contribution in [3.8, 4) is 0 Å². The molecule has 0 aromatic rings. The molecule has 1 amide bonds. The van der Waals surface area contributed by atoms with Crippen molar-refractivity contribution in [3.63, 3.8) is 0 Å². The number of hydrogen-bond donors (Lipinski definition) is 1. The van der Waals surface area contributed by atoms with Gasteiger partial charge in [0.15, 0.2) is 0 Å². The third-order valence-electron chi connectivity index (χ3n) is 2.94. The first-order valence-corrected chi connectivity index (χ1v) is 6.04. The summed E-state index contributed by atoms with van der Waals surface area (Å²) in [5.74, 6) is -0.0173. The summed E-state index contributed by atoms with van der Waals surface area (Å²) in [6.07, 6.45) is -1.66. The van der Waals surface area contributed by atoms with Gasteiger partial charge in [0, 0.05) is 13.1 Å². The molecule has 0 bridgehead atoms. The van der Waals surface area contributed by atoms with Gasteiger partial charge in [0.2, 0.25) is 5.91 Å². The van der Waals surface area contributed by atoms with Crippen LogP contribution in [0, 0.1) is 5.92 Å². The maximum atomic E-state index is 11.8. The Hall–Kier alpha value is -0.820. The minimum Gasteiger partial charge on any atom is -0.362 e. The Morgan fingerprint density at radius 2 is 2.17 bits per heavy atom. The number of likely N-dealkylation sites (tertiary alicyclic amines) is 1. The summed E-state index contributed by atoms with van der Waals surface area (Å²) in [6.45, 7) is -0.147. The largest absolute Gasteiger partial charge is 0.411 e. The second kappa shape index (κ2) is 6.94. The molecule has 0 aromatic heterocycles. The van der Waals surface area contributed by atoms with Gasteiger partial charge >= 0.3 is 6.18 Å². The van der Waals surface area contributed by atoms with Crippen LogP contribution in [-0.2, 0) is 9.53 Å². The summed E-state index contributed by atoms with van der Waals surface area (Å²) in [6, 6.07) is 0. The number of alkyl halides is 3. The van der Waals surface area contributed by atoms with E-state index in [0.717, 1.165) is 19.3 Å². The van der Waals surface area contributed by atoms with Gasteiger partial charge in [0.1, 0.15) is 13.2 Å². The zero-order valence-corrected chi connectivity index (χ0v) is 10.2. The zero-order valence-electron chi connectivity index (χ0n) is 10.2. The summed E-state index contributed by atoms with van der Waals surface area (Å²) in [5, 5.41) is 0. The van der Waals surface area contributed by atoms with Crippen LogP contribution in [0.15, 0.2) is 0 Å². The smallest absolute Gasteiger partial charge is 0.362 e. The number of carbonyl (C=O) groups is 1. The molecule has 0 saturated carbocycles. The lowest BCUT2D eigenvalue weighted by Gasteiger charge is -2.32. The van der Waals surface area contributed by atoms with Crippen molar-refractivity contribution in [2.45, 2.75) is 25.4 Å². The first-order chi connectivity index (χ1) is 8.42. The number of nitrogens with zero attached hydrogens (tertiary/aromatic N) is 1. The highest BCUT2D eigenvalue weighted by Gasteiger charge is 2.29. The highest BCUT2D eigenvalue weighted by molar-refractivity contribution is 5.77. The lowest BCUT2D eigenvalue weighted by atomic mass is 9.95. The van der Waals surface area contributed by atoms with Crippen molar-refractivity contribution in [2.24, 2.45) is 11.7 Å². The topological polar surface area (TPSA) is 55.6 Å². The van der Waals surface area contributed by atoms with Crippen LogP contribution in [0.3, 0.4) is 0 Å². The van der Waals surface area contributed by atoms with Gasteiger partial charge in [0.25, 0.3) is 0 Å². The van der Waals surface area contributed by atoms with Crippen molar-refractivity contribution < 1.29 is 22.7 Å². The third-order valence-corrected chi connectivity index (χ3v) is 2.94. The average molecular weight is 268 g/mol. The molecule has 1 atom stereocenters. The number of piperidine rings is 1. The number of hydrogen-bond acceptors (Lipinski definition) is 3. The van der Waals surface area contributed by atoms with Gasteiger partial charge in [0.05, 0.1) is 0 Å². The SMILES string of the molecule is NCCC1CCCN(C(=O)COCC(F)(F)F)C1. The fourth-order valence-electron chi connectivity index (χ4n) is 2.11. The van der Waals surface area contributed by atoms with Crippen LogP contribution in [-0.4, -0.2) is 49.8 Å². The number of carbonyl (C=O) groups excluding carboxylic acids is 1. The predicted octanol–water partition coefficient (Wildman–Crippen LogP) is 1.15. The van der Waals surface area contributed by atoms with E-state index in [-0.39, 0.29) is 5.91 Å². The number of halogens is 3. The molecule has 4 nitrogen and oxygen atoms in total. The summed E-state index contributed by atoms with van der Waals surface area (Å²) in [5.41, 5.74) is 5.46. The maximum absolute atomic E-state index is 11.8. The summed E-state index contributed by atoms with van der Waals surface area (Å²) < 4.78 is 39.9. The Morgan fingerprint density at radius 1 is 1.44 bits per heavy atom. The molecule has 1 fully saturated rings. The first-order valence-electron chi connectivity index (χ1n) is 6.04. The van der Waals surface area contributed by atoms with Gasteiger partial charge in [-0.2, -0.15) is 13.2 Å². The van der Waals surface area contributed by atoms with Crippen molar-refractivity contribution in [1.82, 2.24) is 4.90 Å². The van der Waals surface area contributed by atoms with E-state index in [4.69, 9.17) is 5.73 Å². The standard InChI is InChI=1S/C11H19F3N2O2/c12-11(13,14)8-18-7-10(17)16-5-1-2-9(6-16)3-4-15/h9H,1-8,15H2. The van der Waals surface area contributed by atoms with Gasteiger partial charge in [-0.05, 0) is 31.7 Å². The summed E-state index contributed by atoms with van der Waals surface area (Å²) in [4.78, 5) is 13.2. The highest BCUT2D eigenvalue weighted by atomic mass is 19.4. The quantitative estimate of drug-likeness (QED) is 0.814. The molecule has 1 aliphatic heterocycles. The van der Waals surface area contributed by atoms with E-state index in [1.165, 1.54) is 0 Å². The van der Waals surface area contributed by atoms with Crippen molar-refractivity contribution >= 4 is 5.91 Å². The van der Waals surface area contributed by atoms with Crippen molar-refractivity contribution in [3.05, 3.63) is 0 Å². The van der Waals surface area contributed by atoms with Crippen LogP contribution in [0.5, 0.6) is 0 Å². The van der Waals surface area contributed by atoms with Crippen molar-refractivity contribution in [2.75, 3.05) is 32.8 Å². The average Bonchev–Trinajstić information content (AvgIpc) is 2.28. The minimum atomic E-state index is -4.38. The molecule has 0 spiro atoms. The fraction of sp³-hybridized carbons (Fsp3) is 0.909. The van der Waals surface area contributed by atoms with Gasteiger partial charge in [-0.1, -0.05) is 0 Å². The van der Waals surface area contributed by atoms with Crippen LogP contribution in [0.4, 0.5) is 13.2 Å². The molecule has 1 saturated heterocycles. The second-order valence-electron chi connectivity index (χ2n) is 4.53. The zero-order chi connectivity index (χ0) is 13.6. The molecule has 2 N–H and O–H groups in total. The lowest BCUT2D eigenvalue weighted by Crippen LogP contribution is -2.42. The van der Waals surface area contributed by atoms with Gasteiger partial charge in [-0.25, -0.2) is 0 Å². The van der Waals surface area contributed by atoms with Crippen molar-refractivity contribution in [1.29, 1.82) is 0 Å². The number of rotatable bonds is 5. The van der Waals surface area contributed by atoms with E-state index < -0.39 is 19.4 Å². The van der Waals surface area contributed by atoms with E-state index in [2.05, 4.69) is 4.74 Å². The molecule has 1 heterocycles. The molecule has 7 heteroatoms. The van der Waals surface area contributed by atoms with E-state index in [9.17, 15) is 18.0 Å².